The van der Waals surface area contributed by atoms with Crippen LogP contribution in [0, 0.1) is 0 Å². The van der Waals surface area contributed by atoms with E-state index in [0.717, 1.165) is 12.0 Å². The van der Waals surface area contributed by atoms with Gasteiger partial charge in [-0.2, -0.15) is 0 Å². The van der Waals surface area contributed by atoms with Crippen molar-refractivity contribution in [1.29, 1.82) is 0 Å². The number of rotatable bonds is 1. The molecule has 0 bridgehead atoms. The lowest BCUT2D eigenvalue weighted by atomic mass is 10.1. The van der Waals surface area contributed by atoms with E-state index >= 15 is 0 Å². The summed E-state index contributed by atoms with van der Waals surface area (Å²) in [5.41, 5.74) is 1.09. The van der Waals surface area contributed by atoms with E-state index in [1.165, 1.54) is 6.26 Å². The fourth-order valence-electron chi connectivity index (χ4n) is 1.15. The molecule has 0 aromatic carbocycles. The van der Waals surface area contributed by atoms with Gasteiger partial charge in [0.05, 0.1) is 0 Å². The average Bonchev–Trinajstić information content (AvgIpc) is 1.86. The number of hydrogen-bond acceptors (Lipinski definition) is 3. The van der Waals surface area contributed by atoms with Crippen molar-refractivity contribution in [1.82, 2.24) is 5.32 Å². The summed E-state index contributed by atoms with van der Waals surface area (Å²) in [5, 5.41) is 2.57. The van der Waals surface area contributed by atoms with Crippen molar-refractivity contribution < 1.29 is 8.42 Å². The molecule has 1 heterocycles. The van der Waals surface area contributed by atoms with E-state index in [-0.39, 0.29) is 5.37 Å². The van der Waals surface area contributed by atoms with Gasteiger partial charge >= 0.3 is 0 Å². The van der Waals surface area contributed by atoms with Crippen molar-refractivity contribution >= 4 is 9.84 Å². The molecule has 0 amide bonds. The summed E-state index contributed by atoms with van der Waals surface area (Å²) in [4.78, 5) is 0. The summed E-state index contributed by atoms with van der Waals surface area (Å²) in [6.07, 6.45) is 2.75. The molecule has 1 saturated heterocycles. The Morgan fingerprint density at radius 3 is 2.64 bits per heavy atom. The van der Waals surface area contributed by atoms with Crippen molar-refractivity contribution in [3.8, 4) is 0 Å². The second kappa shape index (κ2) is 2.95. The minimum Gasteiger partial charge on any atom is -0.297 e. The zero-order valence-electron chi connectivity index (χ0n) is 6.63. The molecule has 11 heavy (non-hydrogen) atoms. The molecule has 3 nitrogen and oxygen atoms in total. The van der Waals surface area contributed by atoms with Crippen LogP contribution in [0.25, 0.3) is 0 Å². The van der Waals surface area contributed by atoms with Crippen LogP contribution in [0.15, 0.2) is 12.2 Å². The van der Waals surface area contributed by atoms with Gasteiger partial charge in [-0.15, -0.1) is 0 Å². The lowest BCUT2D eigenvalue weighted by Gasteiger charge is -2.23. The first kappa shape index (κ1) is 8.74. The Morgan fingerprint density at radius 1 is 1.64 bits per heavy atom. The van der Waals surface area contributed by atoms with Crippen molar-refractivity contribution in [2.24, 2.45) is 0 Å². The van der Waals surface area contributed by atoms with Gasteiger partial charge in [0, 0.05) is 12.8 Å². The maximum absolute atomic E-state index is 11.0. The van der Waals surface area contributed by atoms with Gasteiger partial charge in [0.15, 0.2) is 9.84 Å². The third-order valence-corrected chi connectivity index (χ3v) is 3.29. The molecule has 1 aliphatic rings. The van der Waals surface area contributed by atoms with E-state index in [2.05, 4.69) is 11.9 Å². The lowest BCUT2D eigenvalue weighted by Crippen LogP contribution is -2.40. The fourth-order valence-corrected chi connectivity index (χ4v) is 2.08. The predicted molar refractivity (Wildman–Crippen MR) is 45.0 cm³/mol. The molecule has 0 spiro atoms. The molecule has 64 valence electrons. The molecular formula is C7H13NO2S. The van der Waals surface area contributed by atoms with E-state index < -0.39 is 9.84 Å². The molecule has 1 aliphatic heterocycles. The summed E-state index contributed by atoms with van der Waals surface area (Å²) < 4.78 is 22.0. The van der Waals surface area contributed by atoms with Crippen LogP contribution in [0.4, 0.5) is 0 Å². The van der Waals surface area contributed by atoms with Gasteiger partial charge in [-0.3, -0.25) is 5.32 Å². The van der Waals surface area contributed by atoms with Gasteiger partial charge < -0.3 is 0 Å². The summed E-state index contributed by atoms with van der Waals surface area (Å²) in [6.45, 7) is 4.41. The van der Waals surface area contributed by atoms with Gasteiger partial charge in [-0.1, -0.05) is 12.2 Å². The van der Waals surface area contributed by atoms with Crippen molar-refractivity contribution in [2.75, 3.05) is 12.8 Å². The molecule has 1 unspecified atom stereocenters. The molecule has 1 rings (SSSR count). The second-order valence-electron chi connectivity index (χ2n) is 2.99. The van der Waals surface area contributed by atoms with Crippen LogP contribution in [-0.2, 0) is 9.84 Å². The first-order valence-electron chi connectivity index (χ1n) is 3.59. The number of sulfone groups is 1. The van der Waals surface area contributed by atoms with Crippen LogP contribution >= 0.6 is 0 Å². The molecule has 0 saturated carbocycles. The molecule has 0 aromatic rings. The first-order valence-corrected chi connectivity index (χ1v) is 5.54. The Kier molecular flexibility index (Phi) is 2.34. The third-order valence-electron chi connectivity index (χ3n) is 1.86. The van der Waals surface area contributed by atoms with Gasteiger partial charge in [0.25, 0.3) is 0 Å². The SMILES string of the molecule is C=C1CCC(S(C)(=O)=O)NC1. The van der Waals surface area contributed by atoms with Crippen LogP contribution in [-0.4, -0.2) is 26.6 Å². The Balaban J connectivity index is 2.60. The highest BCUT2D eigenvalue weighted by molar-refractivity contribution is 7.91. The molecule has 0 aliphatic carbocycles. The quantitative estimate of drug-likeness (QED) is 0.583. The van der Waals surface area contributed by atoms with Crippen LogP contribution in [0.5, 0.6) is 0 Å². The zero-order chi connectivity index (χ0) is 8.48. The van der Waals surface area contributed by atoms with E-state index in [1.807, 2.05) is 0 Å². The van der Waals surface area contributed by atoms with Crippen LogP contribution in [0.2, 0.25) is 0 Å². The molecule has 0 aromatic heterocycles. The standard InChI is InChI=1S/C7H13NO2S/c1-6-3-4-7(8-5-6)11(2,9)10/h7-8H,1,3-5H2,2H3. The van der Waals surface area contributed by atoms with E-state index in [0.29, 0.717) is 13.0 Å². The summed E-state index contributed by atoms with van der Waals surface area (Å²) >= 11 is 0. The molecule has 1 fully saturated rings. The third kappa shape index (κ3) is 2.31. The van der Waals surface area contributed by atoms with Crippen LogP contribution in [0.3, 0.4) is 0 Å². The smallest absolute Gasteiger partial charge is 0.163 e. The number of nitrogens with one attached hydrogen (secondary N) is 1. The van der Waals surface area contributed by atoms with Gasteiger partial charge in [-0.05, 0) is 12.8 Å². The summed E-state index contributed by atoms with van der Waals surface area (Å²) in [6, 6.07) is 0. The maximum Gasteiger partial charge on any atom is 0.163 e. The van der Waals surface area contributed by atoms with Crippen molar-refractivity contribution in [2.45, 2.75) is 18.2 Å². The maximum atomic E-state index is 11.0. The minimum absolute atomic E-state index is 0.354. The second-order valence-corrected chi connectivity index (χ2v) is 5.22. The van der Waals surface area contributed by atoms with Crippen LogP contribution in [0.1, 0.15) is 12.8 Å². The molecular weight excluding hydrogens is 162 g/mol. The normalized spacial score (nSPS) is 27.0. The van der Waals surface area contributed by atoms with E-state index in [1.54, 1.807) is 0 Å². The lowest BCUT2D eigenvalue weighted by molar-refractivity contribution is 0.517. The van der Waals surface area contributed by atoms with E-state index in [9.17, 15) is 8.42 Å². The highest BCUT2D eigenvalue weighted by atomic mass is 32.2. The fraction of sp³-hybridized carbons (Fsp3) is 0.714. The largest absolute Gasteiger partial charge is 0.297 e. The summed E-state index contributed by atoms with van der Waals surface area (Å²) in [7, 11) is -2.90. The van der Waals surface area contributed by atoms with Crippen molar-refractivity contribution in [3.63, 3.8) is 0 Å². The number of piperidine rings is 1. The topological polar surface area (TPSA) is 46.2 Å². The van der Waals surface area contributed by atoms with Gasteiger partial charge in [0.1, 0.15) is 5.37 Å². The Bertz CT molecular complexity index is 246. The van der Waals surface area contributed by atoms with Crippen LogP contribution < -0.4 is 5.32 Å². The average molecular weight is 175 g/mol. The predicted octanol–water partition coefficient (Wildman–Crippen LogP) is 0.297. The Hall–Kier alpha value is -0.350. The highest BCUT2D eigenvalue weighted by Gasteiger charge is 2.23. The molecule has 0 radical (unpaired) electrons. The van der Waals surface area contributed by atoms with Crippen molar-refractivity contribution in [3.05, 3.63) is 12.2 Å². The molecule has 4 heteroatoms. The minimum atomic E-state index is -2.90. The Morgan fingerprint density at radius 2 is 2.27 bits per heavy atom. The number of hydrogen-bond donors (Lipinski definition) is 1. The molecule has 1 atom stereocenters. The van der Waals surface area contributed by atoms with E-state index in [4.69, 9.17) is 0 Å². The van der Waals surface area contributed by atoms with Gasteiger partial charge in [-0.25, -0.2) is 8.42 Å². The monoisotopic (exact) mass is 175 g/mol. The highest BCUT2D eigenvalue weighted by Crippen LogP contribution is 2.14. The zero-order valence-corrected chi connectivity index (χ0v) is 7.45. The Labute approximate surface area is 67.4 Å². The summed E-state index contributed by atoms with van der Waals surface area (Å²) in [5.74, 6) is 0. The van der Waals surface area contributed by atoms with Gasteiger partial charge in [0.2, 0.25) is 0 Å². The first-order chi connectivity index (χ1) is 5.00. The molecule has 1 N–H and O–H groups in total.